The standard InChI is InChI=1S/C11H15N3O2/c12-8-1-2-10(13-6-8)11(16)14-5-7-3-9(15)4-7/h1-2,6-7,9,15H,3-5,12H2,(H,14,16). The van der Waals surface area contributed by atoms with Crippen LogP contribution >= 0.6 is 0 Å². The van der Waals surface area contributed by atoms with Gasteiger partial charge in [-0.15, -0.1) is 0 Å². The summed E-state index contributed by atoms with van der Waals surface area (Å²) in [5, 5.41) is 11.9. The Morgan fingerprint density at radius 1 is 1.56 bits per heavy atom. The summed E-state index contributed by atoms with van der Waals surface area (Å²) in [6.07, 6.45) is 2.82. The van der Waals surface area contributed by atoms with Gasteiger partial charge in [-0.2, -0.15) is 0 Å². The fraction of sp³-hybridized carbons (Fsp3) is 0.455. The number of nitrogens with one attached hydrogen (secondary N) is 1. The zero-order valence-corrected chi connectivity index (χ0v) is 8.89. The molecule has 0 saturated heterocycles. The summed E-state index contributed by atoms with van der Waals surface area (Å²) in [7, 11) is 0. The summed E-state index contributed by atoms with van der Waals surface area (Å²) >= 11 is 0. The largest absolute Gasteiger partial charge is 0.397 e. The van der Waals surface area contributed by atoms with Crippen molar-refractivity contribution < 1.29 is 9.90 Å². The average Bonchev–Trinajstić information content (AvgIpc) is 2.23. The third-order valence-corrected chi connectivity index (χ3v) is 2.78. The molecule has 2 rings (SSSR count). The molecule has 16 heavy (non-hydrogen) atoms. The van der Waals surface area contributed by atoms with Crippen molar-refractivity contribution in [3.8, 4) is 0 Å². The lowest BCUT2D eigenvalue weighted by atomic mass is 9.82. The van der Waals surface area contributed by atoms with Crippen LogP contribution in [0.3, 0.4) is 0 Å². The van der Waals surface area contributed by atoms with E-state index in [0.717, 1.165) is 12.8 Å². The first kappa shape index (κ1) is 10.9. The molecule has 1 aromatic heterocycles. The highest BCUT2D eigenvalue weighted by atomic mass is 16.3. The topological polar surface area (TPSA) is 88.2 Å². The molecule has 1 aliphatic rings. The highest BCUT2D eigenvalue weighted by Crippen LogP contribution is 2.26. The lowest BCUT2D eigenvalue weighted by Crippen LogP contribution is -2.38. The first-order valence-electron chi connectivity index (χ1n) is 5.33. The fourth-order valence-corrected chi connectivity index (χ4v) is 1.73. The maximum atomic E-state index is 11.6. The van der Waals surface area contributed by atoms with E-state index in [4.69, 9.17) is 10.8 Å². The number of anilines is 1. The summed E-state index contributed by atoms with van der Waals surface area (Å²) in [4.78, 5) is 15.5. The van der Waals surface area contributed by atoms with Crippen LogP contribution in [0.4, 0.5) is 5.69 Å². The van der Waals surface area contributed by atoms with E-state index in [9.17, 15) is 4.79 Å². The van der Waals surface area contributed by atoms with Gasteiger partial charge < -0.3 is 16.2 Å². The van der Waals surface area contributed by atoms with Crippen LogP contribution in [0.15, 0.2) is 18.3 Å². The zero-order chi connectivity index (χ0) is 11.5. The number of nitrogen functional groups attached to an aromatic ring is 1. The number of nitrogens with two attached hydrogens (primary N) is 1. The Balaban J connectivity index is 1.81. The van der Waals surface area contributed by atoms with Gasteiger partial charge in [-0.1, -0.05) is 0 Å². The van der Waals surface area contributed by atoms with Crippen molar-refractivity contribution >= 4 is 11.6 Å². The van der Waals surface area contributed by atoms with Crippen molar-refractivity contribution in [3.63, 3.8) is 0 Å². The minimum Gasteiger partial charge on any atom is -0.397 e. The minimum atomic E-state index is -0.193. The number of aromatic nitrogens is 1. The number of carbonyl (C=O) groups is 1. The van der Waals surface area contributed by atoms with Crippen LogP contribution in [0.5, 0.6) is 0 Å². The quantitative estimate of drug-likeness (QED) is 0.678. The molecule has 5 heteroatoms. The van der Waals surface area contributed by atoms with E-state index < -0.39 is 0 Å². The Kier molecular flexibility index (Phi) is 3.05. The second-order valence-corrected chi connectivity index (χ2v) is 4.18. The Hall–Kier alpha value is -1.62. The Morgan fingerprint density at radius 2 is 2.31 bits per heavy atom. The highest BCUT2D eigenvalue weighted by Gasteiger charge is 2.27. The van der Waals surface area contributed by atoms with Crippen LogP contribution in [0, 0.1) is 5.92 Å². The molecule has 0 spiro atoms. The van der Waals surface area contributed by atoms with E-state index in [2.05, 4.69) is 10.3 Å². The Bertz CT molecular complexity index is 371. The molecule has 0 bridgehead atoms. The van der Waals surface area contributed by atoms with Crippen LogP contribution in [0.2, 0.25) is 0 Å². The van der Waals surface area contributed by atoms with Crippen LogP contribution in [-0.2, 0) is 0 Å². The molecule has 1 saturated carbocycles. The minimum absolute atomic E-state index is 0.184. The predicted molar refractivity (Wildman–Crippen MR) is 59.7 cm³/mol. The van der Waals surface area contributed by atoms with Crippen molar-refractivity contribution in [2.24, 2.45) is 5.92 Å². The molecule has 4 N–H and O–H groups in total. The third-order valence-electron chi connectivity index (χ3n) is 2.78. The van der Waals surface area contributed by atoms with Crippen molar-refractivity contribution in [1.29, 1.82) is 0 Å². The molecular formula is C11H15N3O2. The molecule has 1 aliphatic carbocycles. The highest BCUT2D eigenvalue weighted by molar-refractivity contribution is 5.92. The summed E-state index contributed by atoms with van der Waals surface area (Å²) in [6.45, 7) is 0.599. The molecule has 86 valence electrons. The molecular weight excluding hydrogens is 206 g/mol. The van der Waals surface area contributed by atoms with E-state index in [1.54, 1.807) is 12.1 Å². The molecule has 1 fully saturated rings. The summed E-state index contributed by atoms with van der Waals surface area (Å²) in [5.41, 5.74) is 6.38. The summed E-state index contributed by atoms with van der Waals surface area (Å²) in [5.74, 6) is 0.203. The molecule has 0 unspecified atom stereocenters. The van der Waals surface area contributed by atoms with Gasteiger partial charge in [0, 0.05) is 6.54 Å². The second-order valence-electron chi connectivity index (χ2n) is 4.18. The number of carbonyl (C=O) groups excluding carboxylic acids is 1. The lowest BCUT2D eigenvalue weighted by molar-refractivity contribution is 0.0419. The first-order chi connectivity index (χ1) is 7.65. The third kappa shape index (κ3) is 2.49. The van der Waals surface area contributed by atoms with E-state index in [-0.39, 0.29) is 12.0 Å². The van der Waals surface area contributed by atoms with Gasteiger partial charge in [0.25, 0.3) is 5.91 Å². The first-order valence-corrected chi connectivity index (χ1v) is 5.33. The molecule has 0 aromatic carbocycles. The van der Waals surface area contributed by atoms with E-state index in [1.165, 1.54) is 6.20 Å². The van der Waals surface area contributed by atoms with Crippen LogP contribution in [0.25, 0.3) is 0 Å². The number of aliphatic hydroxyl groups is 1. The van der Waals surface area contributed by atoms with Gasteiger partial charge in [0.2, 0.25) is 0 Å². The SMILES string of the molecule is Nc1ccc(C(=O)NCC2CC(O)C2)nc1. The van der Waals surface area contributed by atoms with Gasteiger partial charge in [-0.3, -0.25) is 4.79 Å². The average molecular weight is 221 g/mol. The zero-order valence-electron chi connectivity index (χ0n) is 8.89. The van der Waals surface area contributed by atoms with Crippen molar-refractivity contribution in [2.45, 2.75) is 18.9 Å². The van der Waals surface area contributed by atoms with E-state index in [1.807, 2.05) is 0 Å². The molecule has 1 amide bonds. The maximum absolute atomic E-state index is 11.6. The van der Waals surface area contributed by atoms with Crippen LogP contribution in [-0.4, -0.2) is 28.6 Å². The summed E-state index contributed by atoms with van der Waals surface area (Å²) < 4.78 is 0. The number of nitrogens with zero attached hydrogens (tertiary/aromatic N) is 1. The Labute approximate surface area is 93.7 Å². The second kappa shape index (κ2) is 4.49. The van der Waals surface area contributed by atoms with Gasteiger partial charge in [-0.25, -0.2) is 4.98 Å². The molecule has 0 radical (unpaired) electrons. The normalized spacial score (nSPS) is 23.6. The van der Waals surface area contributed by atoms with E-state index >= 15 is 0 Å². The van der Waals surface area contributed by atoms with E-state index in [0.29, 0.717) is 23.8 Å². The van der Waals surface area contributed by atoms with Gasteiger partial charge in [0.15, 0.2) is 0 Å². The predicted octanol–water partition coefficient (Wildman–Crippen LogP) is 0.164. The number of rotatable bonds is 3. The number of amides is 1. The Morgan fingerprint density at radius 3 is 2.88 bits per heavy atom. The van der Waals surface area contributed by atoms with Crippen molar-refractivity contribution in [2.75, 3.05) is 12.3 Å². The number of pyridine rings is 1. The van der Waals surface area contributed by atoms with Gasteiger partial charge in [0.1, 0.15) is 5.69 Å². The van der Waals surface area contributed by atoms with Crippen molar-refractivity contribution in [1.82, 2.24) is 10.3 Å². The van der Waals surface area contributed by atoms with Gasteiger partial charge in [-0.05, 0) is 30.9 Å². The lowest BCUT2D eigenvalue weighted by Gasteiger charge is -2.31. The van der Waals surface area contributed by atoms with Gasteiger partial charge >= 0.3 is 0 Å². The molecule has 1 aromatic rings. The number of aliphatic hydroxyl groups excluding tert-OH is 1. The molecule has 1 heterocycles. The van der Waals surface area contributed by atoms with Crippen molar-refractivity contribution in [3.05, 3.63) is 24.0 Å². The monoisotopic (exact) mass is 221 g/mol. The molecule has 0 aliphatic heterocycles. The summed E-state index contributed by atoms with van der Waals surface area (Å²) in [6, 6.07) is 3.25. The van der Waals surface area contributed by atoms with Crippen LogP contribution in [0.1, 0.15) is 23.3 Å². The maximum Gasteiger partial charge on any atom is 0.269 e. The fourth-order valence-electron chi connectivity index (χ4n) is 1.73. The number of hydrogen-bond acceptors (Lipinski definition) is 4. The molecule has 5 nitrogen and oxygen atoms in total. The van der Waals surface area contributed by atoms with Gasteiger partial charge in [0.05, 0.1) is 18.0 Å². The number of hydrogen-bond donors (Lipinski definition) is 3. The van der Waals surface area contributed by atoms with Crippen LogP contribution < -0.4 is 11.1 Å². The smallest absolute Gasteiger partial charge is 0.269 e. The molecule has 0 atom stereocenters.